The van der Waals surface area contributed by atoms with Gasteiger partial charge in [0, 0.05) is 24.9 Å². The first-order valence-electron chi connectivity index (χ1n) is 12.9. The van der Waals surface area contributed by atoms with Crippen molar-refractivity contribution in [3.05, 3.63) is 54.1 Å². The highest BCUT2D eigenvalue weighted by atomic mass is 16.4. The molecule has 2 rings (SSSR count). The van der Waals surface area contributed by atoms with Crippen molar-refractivity contribution in [2.24, 2.45) is 28.1 Å². The lowest BCUT2D eigenvalue weighted by Gasteiger charge is -2.26. The van der Waals surface area contributed by atoms with Gasteiger partial charge in [-0.2, -0.15) is 0 Å². The Labute approximate surface area is 232 Å². The predicted molar refractivity (Wildman–Crippen MR) is 149 cm³/mol. The fourth-order valence-corrected chi connectivity index (χ4v) is 3.88. The number of H-pyrrole nitrogens is 1. The van der Waals surface area contributed by atoms with Crippen LogP contribution in [-0.2, 0) is 32.0 Å². The van der Waals surface area contributed by atoms with Crippen LogP contribution in [0.5, 0.6) is 0 Å². The Hall–Kier alpha value is -4.46. The first-order valence-corrected chi connectivity index (χ1v) is 12.9. The first-order chi connectivity index (χ1) is 19.0. The molecule has 0 bridgehead atoms. The number of imidazole rings is 1. The van der Waals surface area contributed by atoms with Crippen LogP contribution in [0.2, 0.25) is 0 Å². The van der Waals surface area contributed by atoms with Gasteiger partial charge in [-0.05, 0) is 30.7 Å². The van der Waals surface area contributed by atoms with E-state index >= 15 is 0 Å². The number of amides is 3. The summed E-state index contributed by atoms with van der Waals surface area (Å²) in [5.74, 6) is -3.63. The molecule has 0 aliphatic rings. The Morgan fingerprint density at radius 1 is 0.975 bits per heavy atom. The molecule has 0 saturated heterocycles. The van der Waals surface area contributed by atoms with E-state index in [1.54, 1.807) is 13.8 Å². The van der Waals surface area contributed by atoms with Crippen molar-refractivity contribution >= 4 is 29.7 Å². The normalized spacial score (nSPS) is 13.9. The second-order valence-corrected chi connectivity index (χ2v) is 9.72. The molecule has 2 aromatic rings. The number of carbonyl (C=O) groups is 4. The molecule has 218 valence electrons. The molecule has 11 N–H and O–H groups in total. The van der Waals surface area contributed by atoms with Crippen molar-refractivity contribution in [1.82, 2.24) is 25.9 Å². The first kappa shape index (κ1) is 31.8. The highest BCUT2D eigenvalue weighted by Gasteiger charge is 2.31. The minimum absolute atomic E-state index is 0.0434. The Bertz CT molecular complexity index is 1130. The number of nitrogens with zero attached hydrogens (tertiary/aromatic N) is 2. The van der Waals surface area contributed by atoms with E-state index in [1.807, 2.05) is 30.3 Å². The lowest BCUT2D eigenvalue weighted by Crippen LogP contribution is -2.58. The van der Waals surface area contributed by atoms with E-state index < -0.39 is 53.8 Å². The number of aliphatic imine (C=N–C) groups is 1. The third-order valence-corrected chi connectivity index (χ3v) is 6.06. The van der Waals surface area contributed by atoms with Crippen molar-refractivity contribution in [3.63, 3.8) is 0 Å². The smallest absolute Gasteiger partial charge is 0.326 e. The molecule has 1 heterocycles. The van der Waals surface area contributed by atoms with Crippen molar-refractivity contribution in [1.29, 1.82) is 0 Å². The van der Waals surface area contributed by atoms with Gasteiger partial charge in [-0.3, -0.25) is 19.4 Å². The van der Waals surface area contributed by atoms with E-state index in [-0.39, 0.29) is 31.8 Å². The molecule has 4 unspecified atom stereocenters. The number of hydrogen-bond donors (Lipinski definition) is 8. The number of aromatic nitrogens is 2. The SMILES string of the molecule is CC(C)C(NC(=O)C(CCCN=C(N)N)NC(=O)C(Cc1cnc[nH]1)NC(=O)C(N)Cc1ccccc1)C(=O)O. The lowest BCUT2D eigenvalue weighted by atomic mass is 10.0. The molecule has 0 fully saturated rings. The zero-order valence-corrected chi connectivity index (χ0v) is 22.7. The number of rotatable bonds is 16. The van der Waals surface area contributed by atoms with Crippen LogP contribution in [-0.4, -0.2) is 75.4 Å². The van der Waals surface area contributed by atoms with Gasteiger partial charge in [0.25, 0.3) is 0 Å². The van der Waals surface area contributed by atoms with Gasteiger partial charge >= 0.3 is 5.97 Å². The van der Waals surface area contributed by atoms with Crippen LogP contribution in [0, 0.1) is 5.92 Å². The molecule has 0 aliphatic heterocycles. The zero-order valence-electron chi connectivity index (χ0n) is 22.7. The average Bonchev–Trinajstić information content (AvgIpc) is 3.41. The lowest BCUT2D eigenvalue weighted by molar-refractivity contribution is -0.143. The molecule has 0 spiro atoms. The van der Waals surface area contributed by atoms with Crippen molar-refractivity contribution in [2.75, 3.05) is 6.54 Å². The number of aromatic amines is 1. The largest absolute Gasteiger partial charge is 0.480 e. The number of guanidine groups is 1. The fraction of sp³-hybridized carbons (Fsp3) is 0.462. The van der Waals surface area contributed by atoms with E-state index in [9.17, 15) is 24.3 Å². The topological polar surface area (TPSA) is 244 Å². The highest BCUT2D eigenvalue weighted by Crippen LogP contribution is 2.08. The van der Waals surface area contributed by atoms with Crippen LogP contribution in [0.25, 0.3) is 0 Å². The van der Waals surface area contributed by atoms with Crippen LogP contribution in [0.3, 0.4) is 0 Å². The summed E-state index contributed by atoms with van der Waals surface area (Å²) in [5.41, 5.74) is 18.3. The van der Waals surface area contributed by atoms with Crippen LogP contribution in [0.4, 0.5) is 0 Å². The minimum atomic E-state index is -1.20. The van der Waals surface area contributed by atoms with Crippen LogP contribution >= 0.6 is 0 Å². The average molecular weight is 558 g/mol. The maximum atomic E-state index is 13.4. The summed E-state index contributed by atoms with van der Waals surface area (Å²) < 4.78 is 0. The summed E-state index contributed by atoms with van der Waals surface area (Å²) in [5, 5.41) is 17.3. The zero-order chi connectivity index (χ0) is 29.7. The van der Waals surface area contributed by atoms with Crippen molar-refractivity contribution in [3.8, 4) is 0 Å². The summed E-state index contributed by atoms with van der Waals surface area (Å²) in [6.07, 6.45) is 3.67. The molecule has 4 atom stereocenters. The third kappa shape index (κ3) is 10.7. The van der Waals surface area contributed by atoms with Gasteiger partial charge in [-0.25, -0.2) is 9.78 Å². The minimum Gasteiger partial charge on any atom is -0.480 e. The van der Waals surface area contributed by atoms with Crippen LogP contribution in [0.15, 0.2) is 47.8 Å². The van der Waals surface area contributed by atoms with Gasteiger partial charge in [-0.1, -0.05) is 44.2 Å². The molecular formula is C26H39N9O5. The van der Waals surface area contributed by atoms with E-state index in [0.717, 1.165) is 5.56 Å². The summed E-state index contributed by atoms with van der Waals surface area (Å²) in [6, 6.07) is 4.88. The Morgan fingerprint density at radius 3 is 2.20 bits per heavy atom. The number of carboxylic acids is 1. The molecule has 40 heavy (non-hydrogen) atoms. The van der Waals surface area contributed by atoms with E-state index in [4.69, 9.17) is 17.2 Å². The summed E-state index contributed by atoms with van der Waals surface area (Å²) in [4.78, 5) is 61.8. The number of nitrogens with two attached hydrogens (primary N) is 3. The number of hydrogen-bond acceptors (Lipinski definition) is 7. The molecule has 0 aliphatic carbocycles. The number of benzene rings is 1. The van der Waals surface area contributed by atoms with Gasteiger partial charge < -0.3 is 43.2 Å². The van der Waals surface area contributed by atoms with E-state index in [2.05, 4.69) is 30.9 Å². The van der Waals surface area contributed by atoms with Crippen LogP contribution < -0.4 is 33.2 Å². The predicted octanol–water partition coefficient (Wildman–Crippen LogP) is -1.23. The van der Waals surface area contributed by atoms with Gasteiger partial charge in [0.2, 0.25) is 17.7 Å². The molecule has 1 aromatic heterocycles. The van der Waals surface area contributed by atoms with Gasteiger partial charge in [-0.15, -0.1) is 0 Å². The Balaban J connectivity index is 2.20. The number of nitrogens with one attached hydrogen (secondary N) is 4. The molecular weight excluding hydrogens is 518 g/mol. The summed E-state index contributed by atoms with van der Waals surface area (Å²) >= 11 is 0. The second kappa shape index (κ2) is 15.8. The second-order valence-electron chi connectivity index (χ2n) is 9.72. The van der Waals surface area contributed by atoms with E-state index in [0.29, 0.717) is 12.1 Å². The maximum Gasteiger partial charge on any atom is 0.326 e. The summed E-state index contributed by atoms with van der Waals surface area (Å²) in [7, 11) is 0. The Kier molecular flexibility index (Phi) is 12.6. The fourth-order valence-electron chi connectivity index (χ4n) is 3.88. The Morgan fingerprint density at radius 2 is 1.62 bits per heavy atom. The molecule has 0 saturated carbocycles. The third-order valence-electron chi connectivity index (χ3n) is 6.06. The highest BCUT2D eigenvalue weighted by molar-refractivity contribution is 5.94. The quantitative estimate of drug-likeness (QED) is 0.0698. The molecule has 1 aromatic carbocycles. The van der Waals surface area contributed by atoms with Gasteiger partial charge in [0.05, 0.1) is 12.4 Å². The van der Waals surface area contributed by atoms with Gasteiger partial charge in [0.1, 0.15) is 18.1 Å². The molecule has 14 heteroatoms. The van der Waals surface area contributed by atoms with Gasteiger partial charge in [0.15, 0.2) is 5.96 Å². The number of aliphatic carboxylic acids is 1. The molecule has 0 radical (unpaired) electrons. The van der Waals surface area contributed by atoms with Crippen LogP contribution in [0.1, 0.15) is 37.9 Å². The number of carbonyl (C=O) groups excluding carboxylic acids is 3. The molecule has 14 nitrogen and oxygen atoms in total. The van der Waals surface area contributed by atoms with E-state index in [1.165, 1.54) is 12.5 Å². The monoisotopic (exact) mass is 557 g/mol. The standard InChI is InChI=1S/C26H39N9O5/c1-15(2)21(25(39)40)35-23(37)19(9-6-10-31-26(28)29)33-24(38)20(12-17-13-30-14-32-17)34-22(36)18(27)11-16-7-4-3-5-8-16/h3-5,7-8,13-15,18-21H,6,9-12,27H2,1-2H3,(H,30,32)(H,33,38)(H,34,36)(H,35,37)(H,39,40)(H4,28,29,31). The maximum absolute atomic E-state index is 13.4. The molecule has 3 amide bonds. The number of carboxylic acid groups (broad SMARTS) is 1. The van der Waals surface area contributed by atoms with Crippen molar-refractivity contribution < 1.29 is 24.3 Å². The summed E-state index contributed by atoms with van der Waals surface area (Å²) in [6.45, 7) is 3.50. The van der Waals surface area contributed by atoms with Crippen molar-refractivity contribution in [2.45, 2.75) is 63.7 Å².